The minimum atomic E-state index is -0.403. The molecule has 2 aliphatic rings. The maximum atomic E-state index is 14.0. The molecule has 0 N–H and O–H groups in total. The number of amides is 2. The third-order valence-corrected chi connectivity index (χ3v) is 3.54. The molecule has 0 atom stereocenters. The molecule has 5 heteroatoms. The number of nitrogens with zero attached hydrogens (tertiary/aromatic N) is 2. The minimum absolute atomic E-state index is 0.00634. The van der Waals surface area contributed by atoms with E-state index in [2.05, 4.69) is 0 Å². The molecule has 0 aliphatic carbocycles. The van der Waals surface area contributed by atoms with Crippen LogP contribution >= 0.6 is 0 Å². The van der Waals surface area contributed by atoms with Crippen LogP contribution in [-0.4, -0.2) is 30.3 Å². The molecule has 2 heterocycles. The maximum absolute atomic E-state index is 14.0. The average molecular weight is 248 g/mol. The van der Waals surface area contributed by atoms with Gasteiger partial charge in [-0.3, -0.25) is 9.59 Å². The summed E-state index contributed by atoms with van der Waals surface area (Å²) >= 11 is 0. The number of carbonyl (C=O) groups is 2. The normalized spacial score (nSPS) is 18.8. The van der Waals surface area contributed by atoms with Crippen molar-refractivity contribution in [1.29, 1.82) is 0 Å². The molecule has 4 nitrogen and oxygen atoms in total. The van der Waals surface area contributed by atoms with Gasteiger partial charge in [0.25, 0.3) is 5.91 Å². The first-order valence-electron chi connectivity index (χ1n) is 5.96. The second kappa shape index (κ2) is 3.80. The minimum Gasteiger partial charge on any atom is -0.337 e. The van der Waals surface area contributed by atoms with Crippen molar-refractivity contribution in [2.24, 2.45) is 0 Å². The van der Waals surface area contributed by atoms with Gasteiger partial charge in [0.15, 0.2) is 0 Å². The number of rotatable bonds is 1. The van der Waals surface area contributed by atoms with Gasteiger partial charge in [0.2, 0.25) is 5.91 Å². The van der Waals surface area contributed by atoms with E-state index in [-0.39, 0.29) is 11.8 Å². The van der Waals surface area contributed by atoms with Gasteiger partial charge in [0, 0.05) is 43.4 Å². The van der Waals surface area contributed by atoms with Gasteiger partial charge in [-0.25, -0.2) is 4.39 Å². The Kier molecular flexibility index (Phi) is 2.36. The standard InChI is InChI=1S/C13H13FN2O2/c1-15-7-10-9(13(15)18)5-8(6-11(10)14)16-4-2-3-12(16)17/h5-6H,2-4,7H2,1H3. The van der Waals surface area contributed by atoms with Gasteiger partial charge >= 0.3 is 0 Å². The highest BCUT2D eigenvalue weighted by molar-refractivity contribution is 6.01. The lowest BCUT2D eigenvalue weighted by molar-refractivity contribution is -0.117. The molecule has 1 aromatic carbocycles. The van der Waals surface area contributed by atoms with Crippen LogP contribution in [0.5, 0.6) is 0 Å². The summed E-state index contributed by atoms with van der Waals surface area (Å²) in [5.41, 5.74) is 1.31. The molecule has 0 spiro atoms. The molecule has 0 aromatic heterocycles. The maximum Gasteiger partial charge on any atom is 0.254 e. The zero-order chi connectivity index (χ0) is 12.9. The number of benzene rings is 1. The van der Waals surface area contributed by atoms with Crippen LogP contribution in [0.4, 0.5) is 10.1 Å². The van der Waals surface area contributed by atoms with Crippen LogP contribution in [0.15, 0.2) is 12.1 Å². The summed E-state index contributed by atoms with van der Waals surface area (Å²) in [6.07, 6.45) is 1.28. The van der Waals surface area contributed by atoms with Crippen molar-refractivity contribution in [3.8, 4) is 0 Å². The summed E-state index contributed by atoms with van der Waals surface area (Å²) in [5, 5.41) is 0. The quantitative estimate of drug-likeness (QED) is 0.756. The summed E-state index contributed by atoms with van der Waals surface area (Å²) < 4.78 is 14.0. The van der Waals surface area contributed by atoms with E-state index in [1.54, 1.807) is 18.0 Å². The lowest BCUT2D eigenvalue weighted by Crippen LogP contribution is -2.24. The topological polar surface area (TPSA) is 40.6 Å². The number of anilines is 1. The van der Waals surface area contributed by atoms with Crippen LogP contribution in [0.1, 0.15) is 28.8 Å². The fourth-order valence-electron chi connectivity index (χ4n) is 2.57. The molecule has 18 heavy (non-hydrogen) atoms. The first-order chi connectivity index (χ1) is 8.58. The van der Waals surface area contributed by atoms with Gasteiger partial charge in [0.05, 0.1) is 0 Å². The lowest BCUT2D eigenvalue weighted by Gasteiger charge is -2.16. The monoisotopic (exact) mass is 248 g/mol. The Labute approximate surface area is 104 Å². The van der Waals surface area contributed by atoms with E-state index in [1.165, 1.54) is 11.0 Å². The lowest BCUT2D eigenvalue weighted by atomic mass is 10.1. The molecular weight excluding hydrogens is 235 g/mol. The van der Waals surface area contributed by atoms with Crippen LogP contribution in [-0.2, 0) is 11.3 Å². The second-order valence-electron chi connectivity index (χ2n) is 4.76. The Bertz CT molecular complexity index is 556. The van der Waals surface area contributed by atoms with E-state index in [4.69, 9.17) is 0 Å². The fourth-order valence-corrected chi connectivity index (χ4v) is 2.57. The van der Waals surface area contributed by atoms with E-state index >= 15 is 0 Å². The smallest absolute Gasteiger partial charge is 0.254 e. The van der Waals surface area contributed by atoms with Crippen molar-refractivity contribution in [1.82, 2.24) is 4.90 Å². The highest BCUT2D eigenvalue weighted by Gasteiger charge is 2.30. The van der Waals surface area contributed by atoms with E-state index in [1.807, 2.05) is 0 Å². The highest BCUT2D eigenvalue weighted by atomic mass is 19.1. The molecule has 0 saturated carbocycles. The van der Waals surface area contributed by atoms with Crippen molar-refractivity contribution in [3.05, 3.63) is 29.1 Å². The summed E-state index contributed by atoms with van der Waals surface area (Å²) in [4.78, 5) is 26.5. The Morgan fingerprint density at radius 3 is 2.72 bits per heavy atom. The molecule has 3 rings (SSSR count). The van der Waals surface area contributed by atoms with Crippen molar-refractivity contribution in [2.75, 3.05) is 18.5 Å². The Morgan fingerprint density at radius 1 is 1.28 bits per heavy atom. The summed E-state index contributed by atoms with van der Waals surface area (Å²) in [7, 11) is 1.64. The van der Waals surface area contributed by atoms with Crippen LogP contribution in [0.25, 0.3) is 0 Å². The molecular formula is C13H13FN2O2. The largest absolute Gasteiger partial charge is 0.337 e. The van der Waals surface area contributed by atoms with Crippen LogP contribution < -0.4 is 4.90 Å². The summed E-state index contributed by atoms with van der Waals surface area (Å²) in [5.74, 6) is -0.592. The zero-order valence-electron chi connectivity index (χ0n) is 10.1. The van der Waals surface area contributed by atoms with Crippen molar-refractivity contribution in [3.63, 3.8) is 0 Å². The first kappa shape index (κ1) is 11.2. The molecule has 1 aromatic rings. The molecule has 2 amide bonds. The fraction of sp³-hybridized carbons (Fsp3) is 0.385. The second-order valence-corrected chi connectivity index (χ2v) is 4.76. The van der Waals surface area contributed by atoms with Crippen molar-refractivity contribution < 1.29 is 14.0 Å². The molecule has 2 aliphatic heterocycles. The molecule has 1 saturated heterocycles. The van der Waals surface area contributed by atoms with Gasteiger partial charge < -0.3 is 9.80 Å². The molecule has 0 bridgehead atoms. The first-order valence-corrected chi connectivity index (χ1v) is 5.96. The van der Waals surface area contributed by atoms with E-state index in [0.717, 1.165) is 6.42 Å². The highest BCUT2D eigenvalue weighted by Crippen LogP contribution is 2.31. The SMILES string of the molecule is CN1Cc2c(F)cc(N3CCCC3=O)cc2C1=O. The number of hydrogen-bond donors (Lipinski definition) is 0. The van der Waals surface area contributed by atoms with Gasteiger partial charge in [0.1, 0.15) is 5.82 Å². The Morgan fingerprint density at radius 2 is 2.06 bits per heavy atom. The Balaban J connectivity index is 2.07. The summed E-state index contributed by atoms with van der Waals surface area (Å²) in [6.45, 7) is 0.898. The number of carbonyl (C=O) groups excluding carboxylic acids is 2. The Hall–Kier alpha value is -1.91. The van der Waals surface area contributed by atoms with Gasteiger partial charge in [-0.1, -0.05) is 0 Å². The zero-order valence-corrected chi connectivity index (χ0v) is 10.1. The average Bonchev–Trinajstić information content (AvgIpc) is 2.87. The van der Waals surface area contributed by atoms with Crippen LogP contribution in [0, 0.1) is 5.82 Å². The molecule has 0 radical (unpaired) electrons. The van der Waals surface area contributed by atoms with E-state index in [0.29, 0.717) is 36.3 Å². The van der Waals surface area contributed by atoms with Crippen molar-refractivity contribution in [2.45, 2.75) is 19.4 Å². The molecule has 0 unspecified atom stereocenters. The van der Waals surface area contributed by atoms with Crippen molar-refractivity contribution >= 4 is 17.5 Å². The van der Waals surface area contributed by atoms with E-state index < -0.39 is 5.82 Å². The molecule has 1 fully saturated rings. The molecule has 94 valence electrons. The van der Waals surface area contributed by atoms with Crippen LogP contribution in [0.3, 0.4) is 0 Å². The van der Waals surface area contributed by atoms with E-state index in [9.17, 15) is 14.0 Å². The van der Waals surface area contributed by atoms with Gasteiger partial charge in [-0.2, -0.15) is 0 Å². The third-order valence-electron chi connectivity index (χ3n) is 3.54. The number of fused-ring (bicyclic) bond motifs is 1. The van der Waals surface area contributed by atoms with Gasteiger partial charge in [-0.05, 0) is 18.6 Å². The predicted octanol–water partition coefficient (Wildman–Crippen LogP) is 1.54. The predicted molar refractivity (Wildman–Crippen MR) is 63.8 cm³/mol. The van der Waals surface area contributed by atoms with Gasteiger partial charge in [-0.15, -0.1) is 0 Å². The number of halogens is 1. The number of hydrogen-bond acceptors (Lipinski definition) is 2. The summed E-state index contributed by atoms with van der Waals surface area (Å²) in [6, 6.07) is 2.99. The third kappa shape index (κ3) is 1.50. The van der Waals surface area contributed by atoms with Crippen LogP contribution in [0.2, 0.25) is 0 Å².